The molecule has 142 valence electrons. The zero-order chi connectivity index (χ0) is 19.9. The van der Waals surface area contributed by atoms with Crippen LogP contribution in [0.15, 0.2) is 54.6 Å². The molecule has 2 N–H and O–H groups in total. The normalized spacial score (nSPS) is 15.8. The number of hydrogen-bond donors (Lipinski definition) is 2. The van der Waals surface area contributed by atoms with E-state index < -0.39 is 11.8 Å². The summed E-state index contributed by atoms with van der Waals surface area (Å²) in [7, 11) is 0. The molecule has 1 heterocycles. The molecular weight excluding hydrogens is 356 g/mol. The lowest BCUT2D eigenvalue weighted by Crippen LogP contribution is -2.28. The fraction of sp³-hybridized carbons (Fsp3) is 0.238. The molecule has 28 heavy (non-hydrogen) atoms. The van der Waals surface area contributed by atoms with E-state index in [2.05, 4.69) is 10.6 Å². The highest BCUT2D eigenvalue weighted by Gasteiger charge is 2.34. The first kappa shape index (κ1) is 19.1. The number of nitrogens with one attached hydrogen (secondary N) is 2. The molecule has 2 aromatic rings. The SMILES string of the molecule is N#CCC(=O)Nc1cccc(NC(=O)C2CC(=O)N(Cc3ccccc3)C2)c1. The molecule has 3 amide bonds. The summed E-state index contributed by atoms with van der Waals surface area (Å²) in [5.74, 6) is -1.11. The van der Waals surface area contributed by atoms with Crippen LogP contribution in [0.3, 0.4) is 0 Å². The van der Waals surface area contributed by atoms with Gasteiger partial charge >= 0.3 is 0 Å². The van der Waals surface area contributed by atoms with Crippen molar-refractivity contribution in [3.63, 3.8) is 0 Å². The fourth-order valence-electron chi connectivity index (χ4n) is 3.10. The van der Waals surface area contributed by atoms with E-state index in [1.807, 2.05) is 30.3 Å². The van der Waals surface area contributed by atoms with Crippen LogP contribution in [0.4, 0.5) is 11.4 Å². The van der Waals surface area contributed by atoms with Gasteiger partial charge in [0, 0.05) is 30.9 Å². The molecule has 1 aliphatic rings. The molecule has 0 bridgehead atoms. The van der Waals surface area contributed by atoms with Crippen molar-refractivity contribution in [3.05, 3.63) is 60.2 Å². The molecular formula is C21H20N4O3. The Hall–Kier alpha value is -3.66. The Morgan fingerprint density at radius 2 is 1.79 bits per heavy atom. The Kier molecular flexibility index (Phi) is 6.02. The highest BCUT2D eigenvalue weighted by atomic mass is 16.2. The van der Waals surface area contributed by atoms with Gasteiger partial charge in [-0.3, -0.25) is 14.4 Å². The quantitative estimate of drug-likeness (QED) is 0.809. The van der Waals surface area contributed by atoms with E-state index in [0.717, 1.165) is 5.56 Å². The van der Waals surface area contributed by atoms with Crippen LogP contribution in [0, 0.1) is 17.2 Å². The average Bonchev–Trinajstić information content (AvgIpc) is 3.04. The maximum Gasteiger partial charge on any atom is 0.238 e. The van der Waals surface area contributed by atoms with Crippen molar-refractivity contribution in [3.8, 4) is 6.07 Å². The minimum atomic E-state index is -0.423. The molecule has 1 saturated heterocycles. The van der Waals surface area contributed by atoms with Crippen molar-refractivity contribution < 1.29 is 14.4 Å². The van der Waals surface area contributed by atoms with Crippen LogP contribution in [-0.2, 0) is 20.9 Å². The van der Waals surface area contributed by atoms with Crippen LogP contribution in [0.2, 0.25) is 0 Å². The highest BCUT2D eigenvalue weighted by molar-refractivity contribution is 5.98. The molecule has 1 unspecified atom stereocenters. The predicted molar refractivity (Wildman–Crippen MR) is 104 cm³/mol. The highest BCUT2D eigenvalue weighted by Crippen LogP contribution is 2.23. The molecule has 2 aromatic carbocycles. The second-order valence-corrected chi connectivity index (χ2v) is 6.61. The first-order chi connectivity index (χ1) is 13.5. The van der Waals surface area contributed by atoms with Gasteiger partial charge in [0.15, 0.2) is 0 Å². The van der Waals surface area contributed by atoms with Crippen LogP contribution < -0.4 is 10.6 Å². The van der Waals surface area contributed by atoms with E-state index >= 15 is 0 Å². The van der Waals surface area contributed by atoms with Crippen LogP contribution in [0.5, 0.6) is 0 Å². The molecule has 1 aliphatic heterocycles. The number of nitrogens with zero attached hydrogens (tertiary/aromatic N) is 2. The van der Waals surface area contributed by atoms with Crippen molar-refractivity contribution in [2.75, 3.05) is 17.2 Å². The number of anilines is 2. The number of rotatable bonds is 6. The summed E-state index contributed by atoms with van der Waals surface area (Å²) in [4.78, 5) is 38.0. The molecule has 1 fully saturated rings. The van der Waals surface area contributed by atoms with Gasteiger partial charge in [0.1, 0.15) is 6.42 Å². The van der Waals surface area contributed by atoms with E-state index in [-0.39, 0.29) is 24.7 Å². The van der Waals surface area contributed by atoms with E-state index in [0.29, 0.717) is 24.5 Å². The lowest BCUT2D eigenvalue weighted by molar-refractivity contribution is -0.128. The van der Waals surface area contributed by atoms with Gasteiger partial charge in [-0.1, -0.05) is 36.4 Å². The van der Waals surface area contributed by atoms with Gasteiger partial charge in [0.2, 0.25) is 17.7 Å². The molecule has 7 nitrogen and oxygen atoms in total. The lowest BCUT2D eigenvalue weighted by Gasteiger charge is -2.16. The molecule has 7 heteroatoms. The van der Waals surface area contributed by atoms with Gasteiger partial charge in [-0.25, -0.2) is 0 Å². The second kappa shape index (κ2) is 8.82. The zero-order valence-electron chi connectivity index (χ0n) is 15.2. The first-order valence-corrected chi connectivity index (χ1v) is 8.94. The van der Waals surface area contributed by atoms with Gasteiger partial charge in [0.25, 0.3) is 0 Å². The summed E-state index contributed by atoms with van der Waals surface area (Å²) in [6, 6.07) is 18.1. The second-order valence-electron chi connectivity index (χ2n) is 6.61. The predicted octanol–water partition coefficient (Wildman–Crippen LogP) is 2.53. The van der Waals surface area contributed by atoms with E-state index in [1.165, 1.54) is 0 Å². The third-order valence-electron chi connectivity index (χ3n) is 4.46. The summed E-state index contributed by atoms with van der Waals surface area (Å²) in [5, 5.41) is 13.9. The smallest absolute Gasteiger partial charge is 0.238 e. The van der Waals surface area contributed by atoms with E-state index in [1.54, 1.807) is 35.2 Å². The minimum absolute atomic E-state index is 0.0403. The number of carbonyl (C=O) groups excluding carboxylic acids is 3. The number of amides is 3. The Bertz CT molecular complexity index is 921. The molecule has 0 radical (unpaired) electrons. The standard InChI is InChI=1S/C21H20N4O3/c22-10-9-19(26)23-17-7-4-8-18(12-17)24-21(28)16-11-20(27)25(14-16)13-15-5-2-1-3-6-15/h1-8,12,16H,9,11,13-14H2,(H,23,26)(H,24,28). The number of nitriles is 1. The molecule has 0 aliphatic carbocycles. The maximum atomic E-state index is 12.6. The fourth-order valence-corrected chi connectivity index (χ4v) is 3.10. The summed E-state index contributed by atoms with van der Waals surface area (Å²) < 4.78 is 0. The Balaban J connectivity index is 1.58. The zero-order valence-corrected chi connectivity index (χ0v) is 15.2. The summed E-state index contributed by atoms with van der Waals surface area (Å²) >= 11 is 0. The van der Waals surface area contributed by atoms with Gasteiger partial charge in [0.05, 0.1) is 12.0 Å². The third-order valence-corrected chi connectivity index (χ3v) is 4.46. The number of benzene rings is 2. The van der Waals surface area contributed by atoms with Crippen molar-refractivity contribution >= 4 is 29.1 Å². The average molecular weight is 376 g/mol. The Morgan fingerprint density at radius 3 is 2.50 bits per heavy atom. The van der Waals surface area contributed by atoms with Gasteiger partial charge in [-0.15, -0.1) is 0 Å². The number of hydrogen-bond acceptors (Lipinski definition) is 4. The van der Waals surface area contributed by atoms with Crippen molar-refractivity contribution in [2.24, 2.45) is 5.92 Å². The minimum Gasteiger partial charge on any atom is -0.338 e. The van der Waals surface area contributed by atoms with Crippen LogP contribution in [0.1, 0.15) is 18.4 Å². The topological polar surface area (TPSA) is 102 Å². The van der Waals surface area contributed by atoms with Gasteiger partial charge in [-0.2, -0.15) is 5.26 Å². The molecule has 0 aromatic heterocycles. The van der Waals surface area contributed by atoms with Crippen molar-refractivity contribution in [1.82, 2.24) is 4.90 Å². The maximum absolute atomic E-state index is 12.6. The largest absolute Gasteiger partial charge is 0.338 e. The number of carbonyl (C=O) groups is 3. The van der Waals surface area contributed by atoms with E-state index in [4.69, 9.17) is 5.26 Å². The monoisotopic (exact) mass is 376 g/mol. The Morgan fingerprint density at radius 1 is 1.07 bits per heavy atom. The van der Waals surface area contributed by atoms with Crippen molar-refractivity contribution in [2.45, 2.75) is 19.4 Å². The molecule has 0 spiro atoms. The lowest BCUT2D eigenvalue weighted by atomic mass is 10.1. The van der Waals surface area contributed by atoms with Gasteiger partial charge in [-0.05, 0) is 23.8 Å². The summed E-state index contributed by atoms with van der Waals surface area (Å²) in [5.41, 5.74) is 2.04. The van der Waals surface area contributed by atoms with Gasteiger partial charge < -0.3 is 15.5 Å². The molecule has 3 rings (SSSR count). The Labute approximate surface area is 163 Å². The van der Waals surface area contributed by atoms with Crippen LogP contribution in [0.25, 0.3) is 0 Å². The van der Waals surface area contributed by atoms with E-state index in [9.17, 15) is 14.4 Å². The van der Waals surface area contributed by atoms with Crippen LogP contribution in [-0.4, -0.2) is 29.2 Å². The summed E-state index contributed by atoms with van der Waals surface area (Å²) in [6.07, 6.45) is -0.0602. The molecule has 1 atom stereocenters. The first-order valence-electron chi connectivity index (χ1n) is 8.94. The third kappa shape index (κ3) is 4.95. The summed E-state index contributed by atoms with van der Waals surface area (Å²) in [6.45, 7) is 0.863. The molecule has 0 saturated carbocycles. The number of likely N-dealkylation sites (tertiary alicyclic amines) is 1. The van der Waals surface area contributed by atoms with Crippen molar-refractivity contribution in [1.29, 1.82) is 5.26 Å². The van der Waals surface area contributed by atoms with Crippen LogP contribution >= 0.6 is 0 Å².